The van der Waals surface area contributed by atoms with Crippen LogP contribution in [0.5, 0.6) is 0 Å². The number of aromatic nitrogens is 2. The second kappa shape index (κ2) is 5.82. The number of hydrogen-bond donors (Lipinski definition) is 1. The number of nitrogens with zero attached hydrogens (tertiary/aromatic N) is 2. The zero-order chi connectivity index (χ0) is 16.7. The summed E-state index contributed by atoms with van der Waals surface area (Å²) in [6.45, 7) is 5.66. The number of rotatable bonds is 3. The summed E-state index contributed by atoms with van der Waals surface area (Å²) in [5.41, 5.74) is 5.31. The van der Waals surface area contributed by atoms with E-state index in [4.69, 9.17) is 4.42 Å². The molecule has 1 aromatic carbocycles. The number of hydrogen-bond acceptors (Lipinski definition) is 3. The molecule has 1 amide bonds. The number of H-pyrrole nitrogens is 1. The summed E-state index contributed by atoms with van der Waals surface area (Å²) in [4.78, 5) is 14.6. The average Bonchev–Trinajstić information content (AvgIpc) is 3.27. The zero-order valence-electron chi connectivity index (χ0n) is 14.0. The molecule has 1 aliphatic heterocycles. The number of fused-ring (bicyclic) bond motifs is 1. The summed E-state index contributed by atoms with van der Waals surface area (Å²) >= 11 is 0. The highest BCUT2D eigenvalue weighted by atomic mass is 16.3. The molecule has 124 valence electrons. The van der Waals surface area contributed by atoms with E-state index in [0.29, 0.717) is 12.3 Å². The largest absolute Gasteiger partial charge is 0.464 e. The molecule has 24 heavy (non-hydrogen) atoms. The molecular weight excluding hydrogens is 302 g/mol. The van der Waals surface area contributed by atoms with E-state index in [0.717, 1.165) is 47.3 Å². The van der Waals surface area contributed by atoms with Gasteiger partial charge in [0.05, 0.1) is 18.9 Å². The van der Waals surface area contributed by atoms with Gasteiger partial charge in [-0.15, -0.1) is 0 Å². The van der Waals surface area contributed by atoms with E-state index >= 15 is 0 Å². The zero-order valence-corrected chi connectivity index (χ0v) is 14.0. The molecule has 3 heterocycles. The van der Waals surface area contributed by atoms with Gasteiger partial charge in [-0.2, -0.15) is 5.10 Å². The van der Waals surface area contributed by atoms with Gasteiger partial charge >= 0.3 is 0 Å². The predicted octanol–water partition coefficient (Wildman–Crippen LogP) is 3.33. The minimum absolute atomic E-state index is 0.165. The van der Waals surface area contributed by atoms with Crippen molar-refractivity contribution < 1.29 is 9.21 Å². The van der Waals surface area contributed by atoms with Crippen molar-refractivity contribution in [2.75, 3.05) is 13.1 Å². The van der Waals surface area contributed by atoms with E-state index < -0.39 is 0 Å². The van der Waals surface area contributed by atoms with Crippen LogP contribution in [0.25, 0.3) is 11.0 Å². The third-order valence-electron chi connectivity index (χ3n) is 4.97. The highest BCUT2D eigenvalue weighted by molar-refractivity contribution is 5.88. The first-order valence-corrected chi connectivity index (χ1v) is 8.36. The van der Waals surface area contributed by atoms with Crippen molar-refractivity contribution in [2.45, 2.75) is 32.6 Å². The van der Waals surface area contributed by atoms with Crippen LogP contribution in [-0.4, -0.2) is 34.1 Å². The van der Waals surface area contributed by atoms with E-state index in [9.17, 15) is 4.79 Å². The maximum atomic E-state index is 12.7. The SMILES string of the molecule is Cc1ccc2c(CC(=O)N3CCC(c4[nH]ncc4C)C3)coc2c1. The number of benzene rings is 1. The highest BCUT2D eigenvalue weighted by Gasteiger charge is 2.29. The summed E-state index contributed by atoms with van der Waals surface area (Å²) in [6, 6.07) is 6.10. The Morgan fingerprint density at radius 3 is 3.08 bits per heavy atom. The second-order valence-corrected chi connectivity index (χ2v) is 6.73. The standard InChI is InChI=1S/C19H21N3O2/c1-12-3-4-16-15(11-24-17(16)7-12)8-18(23)22-6-5-14(10-22)19-13(2)9-20-21-19/h3-4,7,9,11,14H,5-6,8,10H2,1-2H3,(H,20,21). The van der Waals surface area contributed by atoms with Gasteiger partial charge in [0, 0.05) is 35.7 Å². The highest BCUT2D eigenvalue weighted by Crippen LogP contribution is 2.29. The molecule has 2 aromatic heterocycles. The molecule has 1 atom stereocenters. The van der Waals surface area contributed by atoms with E-state index in [1.807, 2.05) is 30.2 Å². The summed E-state index contributed by atoms with van der Waals surface area (Å²) < 4.78 is 5.61. The molecule has 1 unspecified atom stereocenters. The fourth-order valence-corrected chi connectivity index (χ4v) is 3.59. The third kappa shape index (κ3) is 2.60. The number of likely N-dealkylation sites (tertiary alicyclic amines) is 1. The Bertz CT molecular complexity index is 893. The minimum Gasteiger partial charge on any atom is -0.464 e. The van der Waals surface area contributed by atoms with Crippen molar-refractivity contribution in [3.8, 4) is 0 Å². The molecule has 0 aliphatic carbocycles. The van der Waals surface area contributed by atoms with Crippen molar-refractivity contribution in [3.05, 3.63) is 53.0 Å². The number of aromatic amines is 1. The van der Waals surface area contributed by atoms with Crippen molar-refractivity contribution in [1.29, 1.82) is 0 Å². The van der Waals surface area contributed by atoms with Crippen LogP contribution in [0.4, 0.5) is 0 Å². The fourth-order valence-electron chi connectivity index (χ4n) is 3.59. The molecule has 4 rings (SSSR count). The third-order valence-corrected chi connectivity index (χ3v) is 4.97. The molecule has 1 saturated heterocycles. The van der Waals surface area contributed by atoms with Gasteiger partial charge in [-0.25, -0.2) is 0 Å². The monoisotopic (exact) mass is 323 g/mol. The van der Waals surface area contributed by atoms with Gasteiger partial charge in [0.25, 0.3) is 0 Å². The number of furan rings is 1. The Morgan fingerprint density at radius 2 is 2.29 bits per heavy atom. The summed E-state index contributed by atoms with van der Waals surface area (Å²) in [5.74, 6) is 0.526. The molecule has 1 aliphatic rings. The molecular formula is C19H21N3O2. The van der Waals surface area contributed by atoms with Crippen molar-refractivity contribution in [2.24, 2.45) is 0 Å². The predicted molar refractivity (Wildman–Crippen MR) is 91.9 cm³/mol. The van der Waals surface area contributed by atoms with Crippen LogP contribution < -0.4 is 0 Å². The summed E-state index contributed by atoms with van der Waals surface area (Å²) in [7, 11) is 0. The topological polar surface area (TPSA) is 62.1 Å². The molecule has 1 fully saturated rings. The first-order chi connectivity index (χ1) is 11.6. The molecule has 5 nitrogen and oxygen atoms in total. The van der Waals surface area contributed by atoms with Crippen molar-refractivity contribution >= 4 is 16.9 Å². The van der Waals surface area contributed by atoms with Gasteiger partial charge in [0.2, 0.25) is 5.91 Å². The first-order valence-electron chi connectivity index (χ1n) is 8.36. The fraction of sp³-hybridized carbons (Fsp3) is 0.368. The van der Waals surface area contributed by atoms with E-state index in [2.05, 4.69) is 23.2 Å². The van der Waals surface area contributed by atoms with Gasteiger partial charge in [-0.3, -0.25) is 9.89 Å². The van der Waals surface area contributed by atoms with E-state index in [1.54, 1.807) is 6.26 Å². The van der Waals surface area contributed by atoms with Crippen LogP contribution in [0.2, 0.25) is 0 Å². The Labute approximate surface area is 140 Å². The Kier molecular flexibility index (Phi) is 3.63. The lowest BCUT2D eigenvalue weighted by atomic mass is 10.0. The molecule has 0 bridgehead atoms. The Balaban J connectivity index is 1.47. The number of nitrogens with one attached hydrogen (secondary N) is 1. The van der Waals surface area contributed by atoms with Crippen LogP contribution in [0.1, 0.15) is 34.7 Å². The smallest absolute Gasteiger partial charge is 0.227 e. The van der Waals surface area contributed by atoms with Crippen LogP contribution in [-0.2, 0) is 11.2 Å². The van der Waals surface area contributed by atoms with Crippen LogP contribution in [0, 0.1) is 13.8 Å². The number of aryl methyl sites for hydroxylation is 2. The normalized spacial score (nSPS) is 17.8. The van der Waals surface area contributed by atoms with E-state index in [1.165, 1.54) is 5.56 Å². The van der Waals surface area contributed by atoms with Gasteiger partial charge in [0.15, 0.2) is 0 Å². The second-order valence-electron chi connectivity index (χ2n) is 6.73. The van der Waals surface area contributed by atoms with Gasteiger partial charge in [0.1, 0.15) is 5.58 Å². The average molecular weight is 323 g/mol. The molecule has 0 radical (unpaired) electrons. The lowest BCUT2D eigenvalue weighted by Gasteiger charge is -2.16. The minimum atomic E-state index is 0.165. The van der Waals surface area contributed by atoms with E-state index in [-0.39, 0.29) is 5.91 Å². The molecule has 0 spiro atoms. The van der Waals surface area contributed by atoms with Crippen molar-refractivity contribution in [3.63, 3.8) is 0 Å². The van der Waals surface area contributed by atoms with Gasteiger partial charge in [-0.05, 0) is 37.5 Å². The van der Waals surface area contributed by atoms with Crippen LogP contribution in [0.3, 0.4) is 0 Å². The Hall–Kier alpha value is -2.56. The van der Waals surface area contributed by atoms with Crippen LogP contribution in [0.15, 0.2) is 35.1 Å². The molecule has 5 heteroatoms. The number of carbonyl (C=O) groups excluding carboxylic acids is 1. The summed E-state index contributed by atoms with van der Waals surface area (Å²) in [5, 5.41) is 8.21. The lowest BCUT2D eigenvalue weighted by molar-refractivity contribution is -0.129. The maximum Gasteiger partial charge on any atom is 0.227 e. The van der Waals surface area contributed by atoms with Crippen LogP contribution >= 0.6 is 0 Å². The quantitative estimate of drug-likeness (QED) is 0.804. The molecule has 3 aromatic rings. The van der Waals surface area contributed by atoms with Crippen molar-refractivity contribution in [1.82, 2.24) is 15.1 Å². The lowest BCUT2D eigenvalue weighted by Crippen LogP contribution is -2.29. The maximum absolute atomic E-state index is 12.7. The number of carbonyl (C=O) groups is 1. The summed E-state index contributed by atoms with van der Waals surface area (Å²) in [6.07, 6.45) is 4.94. The molecule has 1 N–H and O–H groups in total. The Morgan fingerprint density at radius 1 is 1.42 bits per heavy atom. The number of amides is 1. The first kappa shape index (κ1) is 15.0. The van der Waals surface area contributed by atoms with Gasteiger partial charge in [-0.1, -0.05) is 12.1 Å². The molecule has 0 saturated carbocycles. The van der Waals surface area contributed by atoms with Gasteiger partial charge < -0.3 is 9.32 Å².